The Morgan fingerprint density at radius 2 is 1.86 bits per heavy atom. The number of carbonyl (C=O) groups excluding carboxylic acids is 1. The number of carboxylic acid groups (broad SMARTS) is 1. The summed E-state index contributed by atoms with van der Waals surface area (Å²) in [6.45, 7) is 1.35. The maximum absolute atomic E-state index is 12.9. The monoisotopic (exact) mass is 390 g/mol. The quantitative estimate of drug-likeness (QED) is 0.723. The van der Waals surface area contributed by atoms with Crippen LogP contribution >= 0.6 is 0 Å². The van der Waals surface area contributed by atoms with Crippen molar-refractivity contribution in [3.8, 4) is 5.69 Å². The van der Waals surface area contributed by atoms with Gasteiger partial charge in [-0.1, -0.05) is 24.3 Å². The minimum atomic E-state index is -0.888. The summed E-state index contributed by atoms with van der Waals surface area (Å²) in [5.74, 6) is -0.502. The summed E-state index contributed by atoms with van der Waals surface area (Å²) in [6.07, 6.45) is 5.52. The second-order valence-corrected chi connectivity index (χ2v) is 7.29. The minimum absolute atomic E-state index is 0.0105. The van der Waals surface area contributed by atoms with E-state index in [0.717, 1.165) is 30.5 Å². The smallest absolute Gasteiger partial charge is 0.335 e. The van der Waals surface area contributed by atoms with Crippen molar-refractivity contribution in [1.29, 1.82) is 0 Å². The summed E-state index contributed by atoms with van der Waals surface area (Å²) in [6, 6.07) is 14.5. The summed E-state index contributed by atoms with van der Waals surface area (Å²) >= 11 is 0. The molecule has 2 heterocycles. The topological polar surface area (TPSA) is 88.3 Å². The molecule has 1 aromatic heterocycles. The molecular weight excluding hydrogens is 368 g/mol. The Kier molecular flexibility index (Phi) is 5.37. The molecule has 0 radical (unpaired) electrons. The first-order valence-corrected chi connectivity index (χ1v) is 9.67. The highest BCUT2D eigenvalue weighted by molar-refractivity contribution is 5.94. The largest absolute Gasteiger partial charge is 0.478 e. The number of benzene rings is 2. The molecule has 0 bridgehead atoms. The van der Waals surface area contributed by atoms with E-state index in [-0.39, 0.29) is 5.91 Å². The van der Waals surface area contributed by atoms with Crippen LogP contribution in [-0.2, 0) is 6.42 Å². The summed E-state index contributed by atoms with van der Waals surface area (Å²) in [7, 11) is 0. The van der Waals surface area contributed by atoms with E-state index in [1.807, 2.05) is 41.3 Å². The molecule has 0 atom stereocenters. The zero-order valence-electron chi connectivity index (χ0n) is 15.9. The average Bonchev–Trinajstić information content (AvgIpc) is 3.29. The van der Waals surface area contributed by atoms with Crippen LogP contribution in [0.5, 0.6) is 0 Å². The summed E-state index contributed by atoms with van der Waals surface area (Å²) in [5.41, 5.74) is 2.67. The van der Waals surface area contributed by atoms with Crippen molar-refractivity contribution in [3.63, 3.8) is 0 Å². The number of hydrogen-bond acceptors (Lipinski definition) is 4. The van der Waals surface area contributed by atoms with Gasteiger partial charge in [-0.25, -0.2) is 14.5 Å². The number of piperidine rings is 1. The molecule has 29 heavy (non-hydrogen) atoms. The van der Waals surface area contributed by atoms with E-state index in [1.165, 1.54) is 6.33 Å². The third-order valence-electron chi connectivity index (χ3n) is 5.43. The number of aromatic carboxylic acids is 1. The molecule has 148 valence electrons. The van der Waals surface area contributed by atoms with Gasteiger partial charge in [-0.05, 0) is 55.0 Å². The van der Waals surface area contributed by atoms with Crippen molar-refractivity contribution < 1.29 is 14.7 Å². The van der Waals surface area contributed by atoms with E-state index >= 15 is 0 Å². The van der Waals surface area contributed by atoms with Gasteiger partial charge in [0.05, 0.1) is 11.3 Å². The van der Waals surface area contributed by atoms with Crippen LogP contribution in [0.3, 0.4) is 0 Å². The van der Waals surface area contributed by atoms with Gasteiger partial charge in [-0.3, -0.25) is 4.79 Å². The fourth-order valence-corrected chi connectivity index (χ4v) is 3.86. The lowest BCUT2D eigenvalue weighted by atomic mass is 9.88. The van der Waals surface area contributed by atoms with Crippen LogP contribution in [0, 0.1) is 5.92 Å². The number of rotatable bonds is 5. The first kappa shape index (κ1) is 18.9. The van der Waals surface area contributed by atoms with Gasteiger partial charge in [0.1, 0.15) is 12.7 Å². The SMILES string of the molecule is O=C(O)c1ccccc1CC1CCN(C(=O)c2cccc(-n3cncn3)c2)CC1. The Balaban J connectivity index is 1.39. The van der Waals surface area contributed by atoms with E-state index in [9.17, 15) is 14.7 Å². The Labute approximate surface area is 168 Å². The molecule has 1 aliphatic rings. The standard InChI is InChI=1S/C22H22N4O3/c27-21(18-5-3-6-19(13-18)26-15-23-14-24-26)25-10-8-16(9-11-25)12-17-4-1-2-7-20(17)22(28)29/h1-7,13-16H,8-12H2,(H,28,29). The van der Waals surface area contributed by atoms with Gasteiger partial charge in [-0.2, -0.15) is 5.10 Å². The van der Waals surface area contributed by atoms with E-state index in [2.05, 4.69) is 10.1 Å². The first-order chi connectivity index (χ1) is 14.1. The van der Waals surface area contributed by atoms with Crippen LogP contribution in [0.15, 0.2) is 61.2 Å². The van der Waals surface area contributed by atoms with E-state index in [4.69, 9.17) is 0 Å². The predicted octanol–water partition coefficient (Wildman–Crippen LogP) is 3.06. The third-order valence-corrected chi connectivity index (χ3v) is 5.43. The third kappa shape index (κ3) is 4.18. The van der Waals surface area contributed by atoms with E-state index < -0.39 is 5.97 Å². The highest BCUT2D eigenvalue weighted by atomic mass is 16.4. The molecule has 3 aromatic rings. The molecule has 1 aliphatic heterocycles. The average molecular weight is 390 g/mol. The molecule has 0 aliphatic carbocycles. The zero-order valence-corrected chi connectivity index (χ0v) is 15.9. The van der Waals surface area contributed by atoms with Gasteiger partial charge < -0.3 is 10.0 Å². The highest BCUT2D eigenvalue weighted by Crippen LogP contribution is 2.25. The Bertz CT molecular complexity index is 1010. The number of nitrogens with zero attached hydrogens (tertiary/aromatic N) is 4. The van der Waals surface area contributed by atoms with Crippen molar-refractivity contribution in [1.82, 2.24) is 19.7 Å². The Hall–Kier alpha value is -3.48. The molecule has 7 nitrogen and oxygen atoms in total. The number of amides is 1. The number of carboxylic acids is 1. The van der Waals surface area contributed by atoms with Crippen LogP contribution in [-0.4, -0.2) is 49.7 Å². The molecule has 7 heteroatoms. The summed E-state index contributed by atoms with van der Waals surface area (Å²) in [4.78, 5) is 30.2. The van der Waals surface area contributed by atoms with Crippen molar-refractivity contribution in [2.24, 2.45) is 5.92 Å². The van der Waals surface area contributed by atoms with Gasteiger partial charge in [0.25, 0.3) is 5.91 Å². The van der Waals surface area contributed by atoms with Gasteiger partial charge in [0, 0.05) is 18.7 Å². The van der Waals surface area contributed by atoms with Gasteiger partial charge in [0.15, 0.2) is 0 Å². The molecule has 2 aromatic carbocycles. The molecule has 1 fully saturated rings. The second-order valence-electron chi connectivity index (χ2n) is 7.29. The van der Waals surface area contributed by atoms with Crippen LogP contribution < -0.4 is 0 Å². The number of carbonyl (C=O) groups is 2. The van der Waals surface area contributed by atoms with Crippen LogP contribution in [0.25, 0.3) is 5.69 Å². The fraction of sp³-hybridized carbons (Fsp3) is 0.273. The maximum Gasteiger partial charge on any atom is 0.335 e. The summed E-state index contributed by atoms with van der Waals surface area (Å²) < 4.78 is 1.63. The van der Waals surface area contributed by atoms with Crippen molar-refractivity contribution in [2.75, 3.05) is 13.1 Å². The van der Waals surface area contributed by atoms with E-state index in [0.29, 0.717) is 30.1 Å². The molecule has 0 unspecified atom stereocenters. The van der Waals surface area contributed by atoms with Crippen LogP contribution in [0.2, 0.25) is 0 Å². The molecule has 0 spiro atoms. The van der Waals surface area contributed by atoms with Gasteiger partial charge >= 0.3 is 5.97 Å². The highest BCUT2D eigenvalue weighted by Gasteiger charge is 2.25. The lowest BCUT2D eigenvalue weighted by molar-refractivity contribution is 0.0690. The molecule has 1 N–H and O–H groups in total. The van der Waals surface area contributed by atoms with Gasteiger partial charge in [-0.15, -0.1) is 0 Å². The number of hydrogen-bond donors (Lipinski definition) is 1. The van der Waals surface area contributed by atoms with Crippen molar-refractivity contribution >= 4 is 11.9 Å². The summed E-state index contributed by atoms with van der Waals surface area (Å²) in [5, 5.41) is 13.5. The van der Waals surface area contributed by atoms with Crippen molar-refractivity contribution in [2.45, 2.75) is 19.3 Å². The van der Waals surface area contributed by atoms with Gasteiger partial charge in [0.2, 0.25) is 0 Å². The minimum Gasteiger partial charge on any atom is -0.478 e. The maximum atomic E-state index is 12.9. The van der Waals surface area contributed by atoms with Crippen LogP contribution in [0.4, 0.5) is 0 Å². The first-order valence-electron chi connectivity index (χ1n) is 9.67. The molecule has 1 amide bonds. The fourth-order valence-electron chi connectivity index (χ4n) is 3.86. The van der Waals surface area contributed by atoms with E-state index in [1.54, 1.807) is 23.1 Å². The zero-order chi connectivity index (χ0) is 20.2. The normalized spacial score (nSPS) is 14.7. The van der Waals surface area contributed by atoms with Crippen LogP contribution in [0.1, 0.15) is 39.1 Å². The molecule has 4 rings (SSSR count). The lowest BCUT2D eigenvalue weighted by Crippen LogP contribution is -2.39. The molecule has 1 saturated heterocycles. The predicted molar refractivity (Wildman–Crippen MR) is 107 cm³/mol. The Morgan fingerprint density at radius 3 is 2.59 bits per heavy atom. The molecule has 0 saturated carbocycles. The number of likely N-dealkylation sites (tertiary alicyclic amines) is 1. The number of aromatic nitrogens is 3. The Morgan fingerprint density at radius 1 is 1.07 bits per heavy atom. The molecular formula is C22H22N4O3. The lowest BCUT2D eigenvalue weighted by Gasteiger charge is -2.32. The second kappa shape index (κ2) is 8.26. The van der Waals surface area contributed by atoms with Crippen molar-refractivity contribution in [3.05, 3.63) is 77.9 Å².